The van der Waals surface area contributed by atoms with Crippen molar-refractivity contribution in [2.75, 3.05) is 17.2 Å². The van der Waals surface area contributed by atoms with E-state index in [0.717, 1.165) is 17.1 Å². The summed E-state index contributed by atoms with van der Waals surface area (Å²) in [5.41, 5.74) is 4.03. The summed E-state index contributed by atoms with van der Waals surface area (Å²) in [6, 6.07) is 13.6. The monoisotopic (exact) mass is 443 g/mol. The van der Waals surface area contributed by atoms with Crippen molar-refractivity contribution in [1.29, 1.82) is 0 Å². The zero-order chi connectivity index (χ0) is 23.7. The minimum atomic E-state index is -0.362. The molecule has 33 heavy (non-hydrogen) atoms. The molecule has 0 fully saturated rings. The lowest BCUT2D eigenvalue weighted by Gasteiger charge is -2.15. The van der Waals surface area contributed by atoms with Crippen LogP contribution in [0.1, 0.15) is 56.3 Å². The number of hydrogen-bond donors (Lipinski definition) is 2. The van der Waals surface area contributed by atoms with E-state index < -0.39 is 0 Å². The molecule has 0 unspecified atom stereocenters. The molecule has 4 rings (SSSR count). The van der Waals surface area contributed by atoms with Gasteiger partial charge >= 0.3 is 0 Å². The Morgan fingerprint density at radius 2 is 1.48 bits per heavy atom. The largest absolute Gasteiger partial charge is 0.324 e. The molecule has 1 aliphatic heterocycles. The number of fused-ring (bicyclic) bond motifs is 1. The summed E-state index contributed by atoms with van der Waals surface area (Å²) < 4.78 is 0. The van der Waals surface area contributed by atoms with E-state index in [9.17, 15) is 14.4 Å². The van der Waals surface area contributed by atoms with Crippen LogP contribution in [0.4, 0.5) is 17.3 Å². The van der Waals surface area contributed by atoms with Gasteiger partial charge in [-0.15, -0.1) is 0 Å². The van der Waals surface area contributed by atoms with E-state index in [1.165, 1.54) is 11.0 Å². The van der Waals surface area contributed by atoms with Gasteiger partial charge in [0.1, 0.15) is 0 Å². The van der Waals surface area contributed by atoms with Crippen LogP contribution in [0.25, 0.3) is 0 Å². The van der Waals surface area contributed by atoms with Gasteiger partial charge in [0.2, 0.25) is 5.95 Å². The first-order valence-corrected chi connectivity index (χ1v) is 10.7. The molecule has 8 nitrogen and oxygen atoms in total. The van der Waals surface area contributed by atoms with E-state index >= 15 is 0 Å². The van der Waals surface area contributed by atoms with Crippen molar-refractivity contribution in [2.45, 2.75) is 27.7 Å². The number of aryl methyl sites for hydroxylation is 2. The average molecular weight is 444 g/mol. The molecule has 0 radical (unpaired) electrons. The standard InChI is InChI=1S/C25H25N5O3/c1-14(2)13-30-23(32)20-10-5-17(12-21(20)24(30)33)22(31)28-18-6-8-19(9-7-18)29-25-26-15(3)11-16(4)27-25/h5-12,14H,13H2,1-4H3,(H,28,31)(H,26,27,29). The Balaban J connectivity index is 1.45. The van der Waals surface area contributed by atoms with Gasteiger partial charge in [0.05, 0.1) is 11.1 Å². The highest BCUT2D eigenvalue weighted by atomic mass is 16.2. The second-order valence-corrected chi connectivity index (χ2v) is 8.51. The number of hydrogen-bond acceptors (Lipinski definition) is 6. The predicted octanol–water partition coefficient (Wildman–Crippen LogP) is 4.34. The molecule has 1 aliphatic rings. The number of benzene rings is 2. The van der Waals surface area contributed by atoms with Gasteiger partial charge in [-0.2, -0.15) is 0 Å². The van der Waals surface area contributed by atoms with Crippen LogP contribution in [0, 0.1) is 19.8 Å². The molecule has 0 saturated heterocycles. The van der Waals surface area contributed by atoms with Gasteiger partial charge in [0, 0.05) is 34.9 Å². The maximum absolute atomic E-state index is 12.8. The molecule has 1 aromatic heterocycles. The number of carbonyl (C=O) groups excluding carboxylic acids is 3. The van der Waals surface area contributed by atoms with E-state index in [-0.39, 0.29) is 29.2 Å². The van der Waals surface area contributed by atoms with E-state index in [4.69, 9.17) is 0 Å². The third-order valence-corrected chi connectivity index (χ3v) is 5.16. The summed E-state index contributed by atoms with van der Waals surface area (Å²) in [7, 11) is 0. The molecular formula is C25H25N5O3. The van der Waals surface area contributed by atoms with Crippen LogP contribution in [0.5, 0.6) is 0 Å². The highest BCUT2D eigenvalue weighted by molar-refractivity contribution is 6.22. The predicted molar refractivity (Wildman–Crippen MR) is 126 cm³/mol. The van der Waals surface area contributed by atoms with Gasteiger partial charge in [-0.05, 0) is 68.3 Å². The molecule has 3 amide bonds. The Hall–Kier alpha value is -4.07. The second-order valence-electron chi connectivity index (χ2n) is 8.51. The molecule has 3 aromatic rings. The second kappa shape index (κ2) is 8.82. The van der Waals surface area contributed by atoms with Crippen molar-refractivity contribution in [2.24, 2.45) is 5.92 Å². The first kappa shape index (κ1) is 22.1. The highest BCUT2D eigenvalue weighted by Crippen LogP contribution is 2.25. The zero-order valence-electron chi connectivity index (χ0n) is 19.0. The fourth-order valence-electron chi connectivity index (χ4n) is 3.71. The first-order valence-electron chi connectivity index (χ1n) is 10.7. The summed E-state index contributed by atoms with van der Waals surface area (Å²) in [5, 5.41) is 5.96. The van der Waals surface area contributed by atoms with Gasteiger partial charge in [-0.25, -0.2) is 9.97 Å². The van der Waals surface area contributed by atoms with E-state index in [1.807, 2.05) is 45.9 Å². The van der Waals surface area contributed by atoms with Crippen LogP contribution < -0.4 is 10.6 Å². The Morgan fingerprint density at radius 3 is 2.12 bits per heavy atom. The number of anilines is 3. The van der Waals surface area contributed by atoms with Crippen molar-refractivity contribution in [3.63, 3.8) is 0 Å². The van der Waals surface area contributed by atoms with Crippen LogP contribution in [0.2, 0.25) is 0 Å². The Kier molecular flexibility index (Phi) is 5.91. The molecule has 0 aliphatic carbocycles. The van der Waals surface area contributed by atoms with E-state index in [1.54, 1.807) is 24.3 Å². The van der Waals surface area contributed by atoms with Crippen molar-refractivity contribution in [1.82, 2.24) is 14.9 Å². The maximum atomic E-state index is 12.8. The highest BCUT2D eigenvalue weighted by Gasteiger charge is 2.36. The molecule has 8 heteroatoms. The number of rotatable bonds is 6. The van der Waals surface area contributed by atoms with Crippen LogP contribution >= 0.6 is 0 Å². The van der Waals surface area contributed by atoms with Gasteiger partial charge < -0.3 is 10.6 Å². The van der Waals surface area contributed by atoms with Crippen molar-refractivity contribution < 1.29 is 14.4 Å². The summed E-state index contributed by atoms with van der Waals surface area (Å²) >= 11 is 0. The third kappa shape index (κ3) is 4.74. The maximum Gasteiger partial charge on any atom is 0.261 e. The van der Waals surface area contributed by atoms with Crippen LogP contribution in [-0.2, 0) is 0 Å². The van der Waals surface area contributed by atoms with Crippen molar-refractivity contribution in [3.05, 3.63) is 76.6 Å². The fraction of sp³-hybridized carbons (Fsp3) is 0.240. The summed E-state index contributed by atoms with van der Waals surface area (Å²) in [6.45, 7) is 8.04. The van der Waals surface area contributed by atoms with Gasteiger partial charge in [0.15, 0.2) is 0 Å². The van der Waals surface area contributed by atoms with Crippen LogP contribution in [0.3, 0.4) is 0 Å². The number of nitrogens with one attached hydrogen (secondary N) is 2. The van der Waals surface area contributed by atoms with Crippen molar-refractivity contribution in [3.8, 4) is 0 Å². The van der Waals surface area contributed by atoms with Crippen molar-refractivity contribution >= 4 is 35.0 Å². The van der Waals surface area contributed by atoms with E-state index in [2.05, 4.69) is 20.6 Å². The van der Waals surface area contributed by atoms with Gasteiger partial charge in [-0.3, -0.25) is 19.3 Å². The quantitative estimate of drug-likeness (QED) is 0.549. The Bertz CT molecular complexity index is 1230. The minimum absolute atomic E-state index is 0.161. The van der Waals surface area contributed by atoms with Gasteiger partial charge in [-0.1, -0.05) is 13.8 Å². The summed E-state index contributed by atoms with van der Waals surface area (Å²) in [5.74, 6) is -0.366. The molecule has 0 bridgehead atoms. The lowest BCUT2D eigenvalue weighted by atomic mass is 10.1. The third-order valence-electron chi connectivity index (χ3n) is 5.16. The Labute approximate surface area is 192 Å². The topological polar surface area (TPSA) is 104 Å². The number of amides is 3. The SMILES string of the molecule is Cc1cc(C)nc(Nc2ccc(NC(=O)c3ccc4c(c3)C(=O)N(CC(C)C)C4=O)cc2)n1. The number of aromatic nitrogens is 2. The molecule has 0 atom stereocenters. The zero-order valence-corrected chi connectivity index (χ0v) is 19.0. The molecular weight excluding hydrogens is 418 g/mol. The molecule has 168 valence electrons. The number of imide groups is 1. The van der Waals surface area contributed by atoms with Crippen LogP contribution in [0.15, 0.2) is 48.5 Å². The lowest BCUT2D eigenvalue weighted by molar-refractivity contribution is 0.0636. The fourth-order valence-corrected chi connectivity index (χ4v) is 3.71. The average Bonchev–Trinajstić information content (AvgIpc) is 2.98. The van der Waals surface area contributed by atoms with Crippen LogP contribution in [-0.4, -0.2) is 39.1 Å². The molecule has 2 N–H and O–H groups in total. The summed E-state index contributed by atoms with van der Waals surface area (Å²) in [6.07, 6.45) is 0. The van der Waals surface area contributed by atoms with E-state index in [0.29, 0.717) is 29.3 Å². The Morgan fingerprint density at radius 1 is 0.879 bits per heavy atom. The molecule has 0 spiro atoms. The minimum Gasteiger partial charge on any atom is -0.324 e. The lowest BCUT2D eigenvalue weighted by Crippen LogP contribution is -2.33. The molecule has 0 saturated carbocycles. The van der Waals surface area contributed by atoms with Gasteiger partial charge in [0.25, 0.3) is 17.7 Å². The number of nitrogens with zero attached hydrogens (tertiary/aromatic N) is 3. The molecule has 2 heterocycles. The number of carbonyl (C=O) groups is 3. The summed E-state index contributed by atoms with van der Waals surface area (Å²) in [4.78, 5) is 47.9. The normalized spacial score (nSPS) is 12.8. The first-order chi connectivity index (χ1) is 15.7. The molecule has 2 aromatic carbocycles. The smallest absolute Gasteiger partial charge is 0.261 e.